The second-order valence-corrected chi connectivity index (χ2v) is 5.47. The normalized spacial score (nSPS) is 33.8. The summed E-state index contributed by atoms with van der Waals surface area (Å²) < 4.78 is 36.7. The van der Waals surface area contributed by atoms with Crippen LogP contribution in [-0.2, 0) is 18.9 Å². The standard InChI is InChI=1S/C15H29FO4/c1-5-7-9-18-11-12-13(19-10-8-6-2)15(3,16)14(17-4)20-12/h12-14H,5-11H2,1-4H3/t12-,13?,14-,15?/m1/s1. The van der Waals surface area contributed by atoms with Gasteiger partial charge >= 0.3 is 0 Å². The van der Waals surface area contributed by atoms with Gasteiger partial charge in [0.1, 0.15) is 12.2 Å². The fraction of sp³-hybridized carbons (Fsp3) is 1.00. The topological polar surface area (TPSA) is 36.9 Å². The molecule has 0 bridgehead atoms. The van der Waals surface area contributed by atoms with Crippen LogP contribution in [0.1, 0.15) is 46.5 Å². The van der Waals surface area contributed by atoms with E-state index in [9.17, 15) is 4.39 Å². The van der Waals surface area contributed by atoms with Crippen molar-refractivity contribution in [3.8, 4) is 0 Å². The molecule has 0 spiro atoms. The highest BCUT2D eigenvalue weighted by Gasteiger charge is 2.55. The van der Waals surface area contributed by atoms with Crippen molar-refractivity contribution in [3.63, 3.8) is 0 Å². The van der Waals surface area contributed by atoms with Crippen LogP contribution in [0.5, 0.6) is 0 Å². The van der Waals surface area contributed by atoms with Gasteiger partial charge in [-0.25, -0.2) is 4.39 Å². The molecule has 0 radical (unpaired) electrons. The third kappa shape index (κ3) is 4.65. The molecule has 1 aliphatic heterocycles. The summed E-state index contributed by atoms with van der Waals surface area (Å²) in [4.78, 5) is 0. The Morgan fingerprint density at radius 3 is 2.40 bits per heavy atom. The zero-order valence-electron chi connectivity index (χ0n) is 13.2. The molecule has 1 saturated heterocycles. The molecule has 4 atom stereocenters. The van der Waals surface area contributed by atoms with E-state index in [2.05, 4.69) is 13.8 Å². The Morgan fingerprint density at radius 1 is 1.15 bits per heavy atom. The summed E-state index contributed by atoms with van der Waals surface area (Å²) >= 11 is 0. The van der Waals surface area contributed by atoms with Crippen molar-refractivity contribution in [1.29, 1.82) is 0 Å². The largest absolute Gasteiger partial charge is 0.379 e. The summed E-state index contributed by atoms with van der Waals surface area (Å²) in [6, 6.07) is 0. The van der Waals surface area contributed by atoms with Crippen LogP contribution in [0.4, 0.5) is 4.39 Å². The molecule has 20 heavy (non-hydrogen) atoms. The number of methoxy groups -OCH3 is 1. The van der Waals surface area contributed by atoms with E-state index >= 15 is 0 Å². The molecule has 1 rings (SSSR count). The molecule has 0 aromatic carbocycles. The van der Waals surface area contributed by atoms with Gasteiger partial charge in [-0.05, 0) is 19.8 Å². The van der Waals surface area contributed by atoms with E-state index in [0.717, 1.165) is 25.7 Å². The van der Waals surface area contributed by atoms with Crippen LogP contribution in [0.3, 0.4) is 0 Å². The predicted octanol–water partition coefficient (Wildman–Crippen LogP) is 3.09. The Morgan fingerprint density at radius 2 is 1.80 bits per heavy atom. The predicted molar refractivity (Wildman–Crippen MR) is 75.6 cm³/mol. The molecule has 120 valence electrons. The SMILES string of the molecule is CCCCOC[C@H]1O[C@@H](OC)C(C)(F)C1OCCCC. The summed E-state index contributed by atoms with van der Waals surface area (Å²) in [5, 5.41) is 0. The average molecular weight is 292 g/mol. The van der Waals surface area contributed by atoms with Gasteiger partial charge in [-0.3, -0.25) is 0 Å². The summed E-state index contributed by atoms with van der Waals surface area (Å²) in [5.74, 6) is 0. The number of halogens is 1. The van der Waals surface area contributed by atoms with Crippen LogP contribution in [-0.4, -0.2) is 51.1 Å². The van der Waals surface area contributed by atoms with E-state index in [0.29, 0.717) is 19.8 Å². The Hall–Kier alpha value is -0.230. The van der Waals surface area contributed by atoms with Gasteiger partial charge in [0.15, 0.2) is 12.0 Å². The minimum atomic E-state index is -1.65. The van der Waals surface area contributed by atoms with Crippen LogP contribution in [0.2, 0.25) is 0 Å². The number of hydrogen-bond acceptors (Lipinski definition) is 4. The molecule has 1 fully saturated rings. The molecular weight excluding hydrogens is 263 g/mol. The fourth-order valence-electron chi connectivity index (χ4n) is 2.34. The van der Waals surface area contributed by atoms with Gasteiger partial charge in [0.2, 0.25) is 0 Å². The first-order chi connectivity index (χ1) is 9.57. The van der Waals surface area contributed by atoms with Gasteiger partial charge in [0, 0.05) is 20.3 Å². The van der Waals surface area contributed by atoms with Crippen LogP contribution in [0, 0.1) is 0 Å². The fourth-order valence-corrected chi connectivity index (χ4v) is 2.34. The summed E-state index contributed by atoms with van der Waals surface area (Å²) in [7, 11) is 1.45. The highest BCUT2D eigenvalue weighted by molar-refractivity contribution is 4.98. The minimum Gasteiger partial charge on any atom is -0.379 e. The van der Waals surface area contributed by atoms with Gasteiger partial charge in [0.25, 0.3) is 0 Å². The Labute approximate surface area is 121 Å². The highest BCUT2D eigenvalue weighted by Crippen LogP contribution is 2.37. The van der Waals surface area contributed by atoms with Gasteiger partial charge in [0.05, 0.1) is 6.61 Å². The number of alkyl halides is 1. The van der Waals surface area contributed by atoms with Crippen molar-refractivity contribution in [2.45, 2.75) is 70.6 Å². The van der Waals surface area contributed by atoms with Gasteiger partial charge in [-0.2, -0.15) is 0 Å². The van der Waals surface area contributed by atoms with Gasteiger partial charge in [-0.1, -0.05) is 26.7 Å². The summed E-state index contributed by atoms with van der Waals surface area (Å²) in [6.07, 6.45) is 2.05. The average Bonchev–Trinajstić information content (AvgIpc) is 2.66. The molecule has 0 amide bonds. The first-order valence-electron chi connectivity index (χ1n) is 7.64. The monoisotopic (exact) mass is 292 g/mol. The van der Waals surface area contributed by atoms with E-state index in [4.69, 9.17) is 18.9 Å². The first-order valence-corrected chi connectivity index (χ1v) is 7.64. The summed E-state index contributed by atoms with van der Waals surface area (Å²) in [6.45, 7) is 7.20. The van der Waals surface area contributed by atoms with Crippen LogP contribution in [0.15, 0.2) is 0 Å². The Bertz CT molecular complexity index is 260. The zero-order chi connectivity index (χ0) is 15.0. The third-order valence-corrected chi connectivity index (χ3v) is 3.59. The van der Waals surface area contributed by atoms with Crippen molar-refractivity contribution in [2.75, 3.05) is 26.9 Å². The molecule has 2 unspecified atom stereocenters. The number of ether oxygens (including phenoxy) is 4. The van der Waals surface area contributed by atoms with E-state index in [-0.39, 0.29) is 0 Å². The van der Waals surface area contributed by atoms with Crippen molar-refractivity contribution < 1.29 is 23.3 Å². The zero-order valence-corrected chi connectivity index (χ0v) is 13.2. The number of hydrogen-bond donors (Lipinski definition) is 0. The molecule has 0 saturated carbocycles. The molecule has 5 heteroatoms. The number of rotatable bonds is 10. The van der Waals surface area contributed by atoms with Crippen molar-refractivity contribution in [1.82, 2.24) is 0 Å². The quantitative estimate of drug-likeness (QED) is 0.580. The lowest BCUT2D eigenvalue weighted by atomic mass is 9.99. The number of unbranched alkanes of at least 4 members (excludes halogenated alkanes) is 2. The second-order valence-electron chi connectivity index (χ2n) is 5.47. The van der Waals surface area contributed by atoms with Crippen LogP contribution in [0.25, 0.3) is 0 Å². The second kappa shape index (κ2) is 8.93. The molecule has 1 aliphatic rings. The molecule has 0 aliphatic carbocycles. The Balaban J connectivity index is 2.54. The first kappa shape index (κ1) is 17.8. The lowest BCUT2D eigenvalue weighted by molar-refractivity contribution is -0.166. The van der Waals surface area contributed by atoms with E-state index in [1.54, 1.807) is 0 Å². The van der Waals surface area contributed by atoms with Gasteiger partial charge < -0.3 is 18.9 Å². The molecule has 0 aromatic heterocycles. The third-order valence-electron chi connectivity index (χ3n) is 3.59. The van der Waals surface area contributed by atoms with Crippen molar-refractivity contribution in [2.24, 2.45) is 0 Å². The minimum absolute atomic E-state index is 0.343. The molecule has 1 heterocycles. The molecule has 4 nitrogen and oxygen atoms in total. The molecule has 0 N–H and O–H groups in total. The van der Waals surface area contributed by atoms with E-state index < -0.39 is 24.2 Å². The van der Waals surface area contributed by atoms with E-state index in [1.165, 1.54) is 14.0 Å². The maximum Gasteiger partial charge on any atom is 0.194 e. The van der Waals surface area contributed by atoms with Gasteiger partial charge in [-0.15, -0.1) is 0 Å². The van der Waals surface area contributed by atoms with Crippen molar-refractivity contribution >= 4 is 0 Å². The van der Waals surface area contributed by atoms with E-state index in [1.807, 2.05) is 0 Å². The molecule has 0 aromatic rings. The smallest absolute Gasteiger partial charge is 0.194 e. The highest BCUT2D eigenvalue weighted by atomic mass is 19.1. The maximum atomic E-state index is 14.8. The lowest BCUT2D eigenvalue weighted by Gasteiger charge is -2.26. The maximum absolute atomic E-state index is 14.8. The van der Waals surface area contributed by atoms with Crippen molar-refractivity contribution in [3.05, 3.63) is 0 Å². The van der Waals surface area contributed by atoms with Crippen LogP contribution >= 0.6 is 0 Å². The summed E-state index contributed by atoms with van der Waals surface area (Å²) in [5.41, 5.74) is -1.65. The van der Waals surface area contributed by atoms with Crippen LogP contribution < -0.4 is 0 Å². The lowest BCUT2D eigenvalue weighted by Crippen LogP contribution is -2.44. The Kier molecular flexibility index (Phi) is 7.95. The molecular formula is C15H29FO4.